The van der Waals surface area contributed by atoms with Gasteiger partial charge in [0, 0.05) is 25.6 Å². The highest BCUT2D eigenvalue weighted by Crippen LogP contribution is 2.29. The summed E-state index contributed by atoms with van der Waals surface area (Å²) in [6.07, 6.45) is 2.38. The normalized spacial score (nSPS) is 19.2. The Kier molecular flexibility index (Phi) is 4.61. The van der Waals surface area contributed by atoms with Crippen LogP contribution in [-0.2, 0) is 19.6 Å². The van der Waals surface area contributed by atoms with Crippen molar-refractivity contribution in [1.82, 2.24) is 25.0 Å². The molecule has 1 aromatic carbocycles. The number of nitrogens with one attached hydrogen (secondary N) is 1. The van der Waals surface area contributed by atoms with Crippen LogP contribution in [0.15, 0.2) is 12.1 Å². The molecule has 2 aliphatic heterocycles. The van der Waals surface area contributed by atoms with E-state index >= 15 is 0 Å². The van der Waals surface area contributed by atoms with Gasteiger partial charge in [0.1, 0.15) is 11.6 Å². The van der Waals surface area contributed by atoms with E-state index in [4.69, 9.17) is 0 Å². The van der Waals surface area contributed by atoms with Crippen molar-refractivity contribution < 1.29 is 0 Å². The van der Waals surface area contributed by atoms with Crippen LogP contribution in [0, 0.1) is 20.8 Å². The molecule has 2 aromatic rings. The molecule has 1 N–H and O–H groups in total. The second-order valence-electron chi connectivity index (χ2n) is 7.73. The molecule has 0 bridgehead atoms. The Morgan fingerprint density at radius 2 is 1.76 bits per heavy atom. The maximum Gasteiger partial charge on any atom is 0.147 e. The van der Waals surface area contributed by atoms with E-state index in [-0.39, 0.29) is 0 Å². The molecule has 0 atom stereocenters. The van der Waals surface area contributed by atoms with Crippen molar-refractivity contribution >= 4 is 0 Å². The summed E-state index contributed by atoms with van der Waals surface area (Å²) in [7, 11) is 0. The lowest BCUT2D eigenvalue weighted by molar-refractivity contribution is 0.199. The molecule has 4 rings (SSSR count). The topological polar surface area (TPSA) is 46.0 Å². The minimum atomic E-state index is 0.566. The third-order valence-corrected chi connectivity index (χ3v) is 5.83. The van der Waals surface area contributed by atoms with Crippen LogP contribution in [0.3, 0.4) is 0 Å². The van der Waals surface area contributed by atoms with Crippen LogP contribution in [0.4, 0.5) is 0 Å². The van der Waals surface area contributed by atoms with E-state index in [0.29, 0.717) is 5.92 Å². The highest BCUT2D eigenvalue weighted by molar-refractivity contribution is 5.37. The molecule has 3 heterocycles. The van der Waals surface area contributed by atoms with Gasteiger partial charge < -0.3 is 9.88 Å². The predicted octanol–water partition coefficient (Wildman–Crippen LogP) is 2.69. The average Bonchev–Trinajstić information content (AvgIpc) is 3.03. The number of nitrogens with zero attached hydrogens (tertiary/aromatic N) is 4. The molecule has 2 aliphatic rings. The Hall–Kier alpha value is -1.72. The molecular formula is C20H29N5. The Bertz CT molecular complexity index is 732. The second-order valence-corrected chi connectivity index (χ2v) is 7.73. The standard InChI is InChI=1S/C20H29N5/c1-14-10-15(2)18(16(3)11-14)13-24-7-4-17(5-8-24)20-23-22-19-12-21-6-9-25(19)20/h10-11,17,21H,4-9,12-13H2,1-3H3. The first-order valence-electron chi connectivity index (χ1n) is 9.53. The number of hydrogen-bond acceptors (Lipinski definition) is 4. The minimum absolute atomic E-state index is 0.566. The van der Waals surface area contributed by atoms with Gasteiger partial charge in [-0.3, -0.25) is 4.90 Å². The summed E-state index contributed by atoms with van der Waals surface area (Å²) in [6, 6.07) is 4.62. The summed E-state index contributed by atoms with van der Waals surface area (Å²) in [5.74, 6) is 2.89. The Balaban J connectivity index is 1.41. The number of piperidine rings is 1. The molecule has 134 valence electrons. The third kappa shape index (κ3) is 3.35. The molecule has 5 nitrogen and oxygen atoms in total. The Labute approximate surface area is 150 Å². The zero-order valence-electron chi connectivity index (χ0n) is 15.7. The first kappa shape index (κ1) is 16.7. The van der Waals surface area contributed by atoms with Crippen LogP contribution in [0.2, 0.25) is 0 Å². The van der Waals surface area contributed by atoms with Crippen LogP contribution < -0.4 is 5.32 Å². The van der Waals surface area contributed by atoms with Gasteiger partial charge in [-0.05, 0) is 63.4 Å². The number of benzene rings is 1. The van der Waals surface area contributed by atoms with Crippen molar-refractivity contribution in [3.63, 3.8) is 0 Å². The highest BCUT2D eigenvalue weighted by atomic mass is 15.3. The van der Waals surface area contributed by atoms with Gasteiger partial charge in [0.05, 0.1) is 6.54 Å². The molecule has 0 amide bonds. The fourth-order valence-corrected chi connectivity index (χ4v) is 4.45. The number of likely N-dealkylation sites (tertiary alicyclic amines) is 1. The van der Waals surface area contributed by atoms with Gasteiger partial charge in [-0.25, -0.2) is 0 Å². The van der Waals surface area contributed by atoms with Crippen LogP contribution in [0.5, 0.6) is 0 Å². The summed E-state index contributed by atoms with van der Waals surface area (Å²) in [5.41, 5.74) is 5.73. The first-order valence-corrected chi connectivity index (χ1v) is 9.53. The van der Waals surface area contributed by atoms with Gasteiger partial charge in [0.25, 0.3) is 0 Å². The molecule has 0 aliphatic carbocycles. The molecule has 0 spiro atoms. The molecule has 0 saturated carbocycles. The van der Waals surface area contributed by atoms with Gasteiger partial charge in [-0.15, -0.1) is 10.2 Å². The SMILES string of the molecule is Cc1cc(C)c(CN2CCC(c3nnc4n3CCNC4)CC2)c(C)c1. The number of rotatable bonds is 3. The van der Waals surface area contributed by atoms with E-state index in [1.165, 1.54) is 40.9 Å². The quantitative estimate of drug-likeness (QED) is 0.934. The molecule has 0 unspecified atom stereocenters. The van der Waals surface area contributed by atoms with Gasteiger partial charge in [-0.2, -0.15) is 0 Å². The minimum Gasteiger partial charge on any atom is -0.312 e. The summed E-state index contributed by atoms with van der Waals surface area (Å²) < 4.78 is 2.35. The maximum absolute atomic E-state index is 4.52. The zero-order chi connectivity index (χ0) is 17.4. The smallest absolute Gasteiger partial charge is 0.147 e. The first-order chi connectivity index (χ1) is 12.1. The lowest BCUT2D eigenvalue weighted by atomic mass is 9.94. The predicted molar refractivity (Wildman–Crippen MR) is 99.6 cm³/mol. The van der Waals surface area contributed by atoms with Crippen LogP contribution >= 0.6 is 0 Å². The van der Waals surface area contributed by atoms with E-state index in [0.717, 1.165) is 45.1 Å². The number of aromatic nitrogens is 3. The number of aryl methyl sites for hydroxylation is 3. The molecule has 25 heavy (non-hydrogen) atoms. The molecule has 0 radical (unpaired) electrons. The lowest BCUT2D eigenvalue weighted by Crippen LogP contribution is -2.35. The lowest BCUT2D eigenvalue weighted by Gasteiger charge is -2.32. The molecule has 1 saturated heterocycles. The fraction of sp³-hybridized carbons (Fsp3) is 0.600. The van der Waals surface area contributed by atoms with E-state index in [1.807, 2.05) is 0 Å². The van der Waals surface area contributed by atoms with Crippen LogP contribution in [0.1, 0.15) is 52.7 Å². The third-order valence-electron chi connectivity index (χ3n) is 5.83. The highest BCUT2D eigenvalue weighted by Gasteiger charge is 2.27. The van der Waals surface area contributed by atoms with Crippen molar-refractivity contribution in [2.24, 2.45) is 0 Å². The van der Waals surface area contributed by atoms with Crippen molar-refractivity contribution in [3.05, 3.63) is 46.0 Å². The Morgan fingerprint density at radius 3 is 2.48 bits per heavy atom. The van der Waals surface area contributed by atoms with Crippen LogP contribution in [0.25, 0.3) is 0 Å². The number of fused-ring (bicyclic) bond motifs is 1. The van der Waals surface area contributed by atoms with Gasteiger partial charge in [-0.1, -0.05) is 17.7 Å². The van der Waals surface area contributed by atoms with Crippen molar-refractivity contribution in [2.45, 2.75) is 59.2 Å². The molecule has 1 aromatic heterocycles. The van der Waals surface area contributed by atoms with Gasteiger partial charge in [0.2, 0.25) is 0 Å². The summed E-state index contributed by atoms with van der Waals surface area (Å²) in [6.45, 7) is 13.0. The van der Waals surface area contributed by atoms with Crippen molar-refractivity contribution in [3.8, 4) is 0 Å². The second kappa shape index (κ2) is 6.89. The van der Waals surface area contributed by atoms with Gasteiger partial charge in [0.15, 0.2) is 0 Å². The summed E-state index contributed by atoms with van der Waals surface area (Å²) >= 11 is 0. The van der Waals surface area contributed by atoms with Crippen LogP contribution in [-0.4, -0.2) is 39.3 Å². The largest absolute Gasteiger partial charge is 0.312 e. The summed E-state index contributed by atoms with van der Waals surface area (Å²) in [5, 5.41) is 12.3. The van der Waals surface area contributed by atoms with E-state index in [9.17, 15) is 0 Å². The van der Waals surface area contributed by atoms with Crippen molar-refractivity contribution in [2.75, 3.05) is 19.6 Å². The fourth-order valence-electron chi connectivity index (χ4n) is 4.45. The maximum atomic E-state index is 4.52. The zero-order valence-corrected chi connectivity index (χ0v) is 15.7. The number of hydrogen-bond donors (Lipinski definition) is 1. The average molecular weight is 339 g/mol. The van der Waals surface area contributed by atoms with Crippen molar-refractivity contribution in [1.29, 1.82) is 0 Å². The molecule has 1 fully saturated rings. The summed E-state index contributed by atoms with van der Waals surface area (Å²) in [4.78, 5) is 2.61. The monoisotopic (exact) mass is 339 g/mol. The van der Waals surface area contributed by atoms with E-state index < -0.39 is 0 Å². The van der Waals surface area contributed by atoms with E-state index in [1.54, 1.807) is 0 Å². The van der Waals surface area contributed by atoms with E-state index in [2.05, 4.69) is 57.9 Å². The molecular weight excluding hydrogens is 310 g/mol. The molecule has 5 heteroatoms. The Morgan fingerprint density at radius 1 is 1.04 bits per heavy atom. The van der Waals surface area contributed by atoms with Gasteiger partial charge >= 0.3 is 0 Å².